The third-order valence-corrected chi connectivity index (χ3v) is 5.90. The van der Waals surface area contributed by atoms with Gasteiger partial charge < -0.3 is 29.4 Å². The summed E-state index contributed by atoms with van der Waals surface area (Å²) in [7, 11) is 5.02. The van der Waals surface area contributed by atoms with Crippen molar-refractivity contribution in [3.63, 3.8) is 0 Å². The Morgan fingerprint density at radius 2 is 1.82 bits per heavy atom. The minimum Gasteiger partial charge on any atom is -0.507 e. The Labute approximate surface area is 199 Å². The highest BCUT2D eigenvalue weighted by Crippen LogP contribution is 2.41. The maximum atomic E-state index is 13.2. The van der Waals surface area contributed by atoms with Crippen molar-refractivity contribution in [1.29, 1.82) is 0 Å². The second-order valence-corrected chi connectivity index (χ2v) is 8.41. The number of esters is 1. The molecule has 9 nitrogen and oxygen atoms in total. The molecule has 1 amide bonds. The molecule has 2 heterocycles. The van der Waals surface area contributed by atoms with Crippen LogP contribution in [0.2, 0.25) is 0 Å². The molecule has 0 radical (unpaired) electrons. The lowest BCUT2D eigenvalue weighted by Gasteiger charge is -2.26. The van der Waals surface area contributed by atoms with Crippen LogP contribution in [0.5, 0.6) is 5.75 Å². The fourth-order valence-corrected chi connectivity index (χ4v) is 4.22. The Morgan fingerprint density at radius 3 is 2.38 bits per heavy atom. The van der Waals surface area contributed by atoms with E-state index in [0.29, 0.717) is 47.8 Å². The highest BCUT2D eigenvalue weighted by molar-refractivity contribution is 6.46. The molecule has 2 aromatic rings. The van der Waals surface area contributed by atoms with Crippen LogP contribution >= 0.6 is 0 Å². The number of benzene rings is 1. The van der Waals surface area contributed by atoms with Gasteiger partial charge in [-0.25, -0.2) is 4.79 Å². The number of ketones is 1. The number of likely N-dealkylation sites (tertiary alicyclic amines) is 1. The van der Waals surface area contributed by atoms with Gasteiger partial charge in [0.25, 0.3) is 11.7 Å². The predicted molar refractivity (Wildman–Crippen MR) is 127 cm³/mol. The van der Waals surface area contributed by atoms with E-state index in [4.69, 9.17) is 9.47 Å². The Hall–Kier alpha value is -3.59. The number of Topliss-reactive ketones (excluding diaryl/α,β-unsaturated/α-hetero) is 1. The van der Waals surface area contributed by atoms with Crippen molar-refractivity contribution in [3.8, 4) is 5.75 Å². The van der Waals surface area contributed by atoms with Crippen LogP contribution < -0.4 is 4.74 Å². The maximum absolute atomic E-state index is 13.2. The summed E-state index contributed by atoms with van der Waals surface area (Å²) < 4.78 is 10.3. The van der Waals surface area contributed by atoms with Crippen LogP contribution in [0, 0.1) is 13.8 Å². The summed E-state index contributed by atoms with van der Waals surface area (Å²) in [6.45, 7) is 6.56. The van der Waals surface area contributed by atoms with E-state index in [1.807, 2.05) is 25.9 Å². The number of amides is 1. The lowest BCUT2D eigenvalue weighted by molar-refractivity contribution is -0.140. The Bertz CT molecular complexity index is 1130. The number of nitrogens with zero attached hydrogens (tertiary/aromatic N) is 2. The molecule has 9 heteroatoms. The molecule has 0 bridgehead atoms. The number of aliphatic hydroxyl groups excluding tert-OH is 1. The molecule has 0 saturated carbocycles. The SMILES string of the molecule is CCOc1ccc(C2C(=C(O)c3c(C)[nH]c(C(=O)OC)c3C)C(=O)C(=O)N2CCN(C)C)cc1. The number of rotatable bonds is 8. The molecule has 34 heavy (non-hydrogen) atoms. The van der Waals surface area contributed by atoms with Gasteiger partial charge in [-0.3, -0.25) is 9.59 Å². The topological polar surface area (TPSA) is 112 Å². The van der Waals surface area contributed by atoms with E-state index in [1.165, 1.54) is 12.0 Å². The van der Waals surface area contributed by atoms with Crippen molar-refractivity contribution in [1.82, 2.24) is 14.8 Å². The number of carbonyl (C=O) groups excluding carboxylic acids is 3. The zero-order valence-electron chi connectivity index (χ0n) is 20.4. The number of likely N-dealkylation sites (N-methyl/N-ethyl adjacent to an activating group) is 1. The van der Waals surface area contributed by atoms with Gasteiger partial charge in [0.2, 0.25) is 0 Å². The third-order valence-electron chi connectivity index (χ3n) is 5.90. The van der Waals surface area contributed by atoms with Crippen LogP contribution in [0.25, 0.3) is 5.76 Å². The second kappa shape index (κ2) is 10.1. The van der Waals surface area contributed by atoms with Gasteiger partial charge in [-0.1, -0.05) is 12.1 Å². The summed E-state index contributed by atoms with van der Waals surface area (Å²) in [6, 6.07) is 6.33. The number of aromatic nitrogens is 1. The predicted octanol–water partition coefficient (Wildman–Crippen LogP) is 2.80. The first-order chi connectivity index (χ1) is 16.1. The van der Waals surface area contributed by atoms with Crippen LogP contribution in [-0.2, 0) is 14.3 Å². The molecule has 1 aromatic carbocycles. The van der Waals surface area contributed by atoms with Crippen molar-refractivity contribution >= 4 is 23.4 Å². The van der Waals surface area contributed by atoms with Crippen LogP contribution in [0.4, 0.5) is 0 Å². The molecule has 1 fully saturated rings. The number of carbonyl (C=O) groups is 3. The standard InChI is InChI=1S/C25H31N3O6/c1-7-34-17-10-8-16(9-11-17)21-19(23(30)24(31)28(21)13-12-27(4)5)22(29)18-14(2)20(25(32)33-6)26-15(18)3/h8-11,21,26,29H,7,12-13H2,1-6H3. The monoisotopic (exact) mass is 469 g/mol. The van der Waals surface area contributed by atoms with Crippen molar-refractivity contribution in [2.45, 2.75) is 26.8 Å². The molecule has 1 aromatic heterocycles. The molecule has 1 unspecified atom stereocenters. The molecular weight excluding hydrogens is 438 g/mol. The molecule has 0 aliphatic carbocycles. The number of H-pyrrole nitrogens is 1. The number of aromatic amines is 1. The molecule has 1 aliphatic rings. The number of aliphatic hydroxyl groups is 1. The van der Waals surface area contributed by atoms with Gasteiger partial charge in [0, 0.05) is 24.3 Å². The maximum Gasteiger partial charge on any atom is 0.354 e. The quantitative estimate of drug-likeness (QED) is 0.265. The van der Waals surface area contributed by atoms with Gasteiger partial charge in [-0.05, 0) is 58.1 Å². The van der Waals surface area contributed by atoms with Crippen LogP contribution in [0.3, 0.4) is 0 Å². The number of ether oxygens (including phenoxy) is 2. The van der Waals surface area contributed by atoms with Crippen molar-refractivity contribution in [2.75, 3.05) is 40.9 Å². The Balaban J connectivity index is 2.19. The molecular formula is C25H31N3O6. The lowest BCUT2D eigenvalue weighted by atomic mass is 9.94. The molecule has 2 N–H and O–H groups in total. The molecule has 0 spiro atoms. The fourth-order valence-electron chi connectivity index (χ4n) is 4.22. The first kappa shape index (κ1) is 25.0. The summed E-state index contributed by atoms with van der Waals surface area (Å²) in [6.07, 6.45) is 0. The minimum absolute atomic E-state index is 0.0190. The normalized spacial score (nSPS) is 17.5. The van der Waals surface area contributed by atoms with E-state index in [1.54, 1.807) is 38.1 Å². The fraction of sp³-hybridized carbons (Fsp3) is 0.400. The van der Waals surface area contributed by atoms with Crippen LogP contribution in [0.15, 0.2) is 29.8 Å². The van der Waals surface area contributed by atoms with Gasteiger partial charge in [-0.15, -0.1) is 0 Å². The van der Waals surface area contributed by atoms with Gasteiger partial charge in [0.05, 0.1) is 25.3 Å². The van der Waals surface area contributed by atoms with Crippen molar-refractivity contribution < 1.29 is 29.0 Å². The Kier molecular flexibility index (Phi) is 7.46. The number of hydrogen-bond donors (Lipinski definition) is 2. The number of aryl methyl sites for hydroxylation is 1. The van der Waals surface area contributed by atoms with Crippen LogP contribution in [0.1, 0.15) is 45.8 Å². The van der Waals surface area contributed by atoms with E-state index in [-0.39, 0.29) is 17.0 Å². The first-order valence-corrected chi connectivity index (χ1v) is 11.1. The van der Waals surface area contributed by atoms with Gasteiger partial charge in [-0.2, -0.15) is 0 Å². The van der Waals surface area contributed by atoms with E-state index in [2.05, 4.69) is 4.98 Å². The van der Waals surface area contributed by atoms with Crippen LogP contribution in [-0.4, -0.2) is 78.5 Å². The molecule has 1 saturated heterocycles. The molecule has 1 aliphatic heterocycles. The Morgan fingerprint density at radius 1 is 1.18 bits per heavy atom. The second-order valence-electron chi connectivity index (χ2n) is 8.41. The van der Waals surface area contributed by atoms with Gasteiger partial charge in [0.15, 0.2) is 0 Å². The summed E-state index contributed by atoms with van der Waals surface area (Å²) in [4.78, 5) is 44.7. The molecule has 3 rings (SSSR count). The van der Waals surface area contributed by atoms with Crippen molar-refractivity contribution in [2.24, 2.45) is 0 Å². The summed E-state index contributed by atoms with van der Waals surface area (Å²) in [5.41, 5.74) is 2.06. The summed E-state index contributed by atoms with van der Waals surface area (Å²) in [5, 5.41) is 11.4. The first-order valence-electron chi connectivity index (χ1n) is 11.1. The van der Waals surface area contributed by atoms with E-state index < -0.39 is 23.7 Å². The zero-order valence-corrected chi connectivity index (χ0v) is 20.4. The average molecular weight is 470 g/mol. The van der Waals surface area contributed by atoms with E-state index in [0.717, 1.165) is 0 Å². The summed E-state index contributed by atoms with van der Waals surface area (Å²) >= 11 is 0. The summed E-state index contributed by atoms with van der Waals surface area (Å²) in [5.74, 6) is -1.70. The minimum atomic E-state index is -0.786. The smallest absolute Gasteiger partial charge is 0.354 e. The lowest BCUT2D eigenvalue weighted by Crippen LogP contribution is -2.35. The van der Waals surface area contributed by atoms with E-state index in [9.17, 15) is 19.5 Å². The average Bonchev–Trinajstić information content (AvgIpc) is 3.24. The highest BCUT2D eigenvalue weighted by atomic mass is 16.5. The van der Waals surface area contributed by atoms with Gasteiger partial charge >= 0.3 is 5.97 Å². The number of nitrogens with one attached hydrogen (secondary N) is 1. The van der Waals surface area contributed by atoms with Crippen molar-refractivity contribution in [3.05, 3.63) is 57.9 Å². The number of methoxy groups -OCH3 is 1. The molecule has 182 valence electrons. The largest absolute Gasteiger partial charge is 0.507 e. The highest BCUT2D eigenvalue weighted by Gasteiger charge is 2.46. The molecule has 1 atom stereocenters. The number of hydrogen-bond acceptors (Lipinski definition) is 7. The third kappa shape index (κ3) is 4.56. The van der Waals surface area contributed by atoms with E-state index >= 15 is 0 Å². The van der Waals surface area contributed by atoms with Gasteiger partial charge in [0.1, 0.15) is 17.2 Å². The zero-order chi connectivity index (χ0) is 25.2.